The minimum Gasteiger partial charge on any atom is -0.481 e. The average Bonchev–Trinajstić information content (AvgIpc) is 2.51. The van der Waals surface area contributed by atoms with E-state index in [1.165, 1.54) is 0 Å². The molecule has 0 spiro atoms. The number of anilines is 1. The molecular formula is C16H21N3O3. The van der Waals surface area contributed by atoms with E-state index in [1.54, 1.807) is 0 Å². The Balaban J connectivity index is 1.64. The van der Waals surface area contributed by atoms with E-state index in [0.717, 1.165) is 25.3 Å². The lowest BCUT2D eigenvalue weighted by molar-refractivity contribution is -0.138. The van der Waals surface area contributed by atoms with E-state index in [4.69, 9.17) is 4.74 Å². The second-order valence-corrected chi connectivity index (χ2v) is 5.80. The van der Waals surface area contributed by atoms with E-state index < -0.39 is 6.10 Å². The first-order chi connectivity index (χ1) is 10.6. The third-order valence-electron chi connectivity index (χ3n) is 4.14. The minimum atomic E-state index is -0.582. The Labute approximate surface area is 129 Å². The van der Waals surface area contributed by atoms with Gasteiger partial charge in [0.2, 0.25) is 5.91 Å². The van der Waals surface area contributed by atoms with Gasteiger partial charge >= 0.3 is 0 Å². The molecule has 6 heteroatoms. The van der Waals surface area contributed by atoms with Gasteiger partial charge in [-0.15, -0.1) is 0 Å². The maximum Gasteiger partial charge on any atom is 0.267 e. The highest BCUT2D eigenvalue weighted by molar-refractivity contribution is 5.99. The van der Waals surface area contributed by atoms with Gasteiger partial charge in [-0.05, 0) is 31.2 Å². The molecule has 118 valence electrons. The number of piperazine rings is 1. The summed E-state index contributed by atoms with van der Waals surface area (Å²) in [6.45, 7) is 5.14. The van der Waals surface area contributed by atoms with Crippen molar-refractivity contribution in [3.63, 3.8) is 0 Å². The van der Waals surface area contributed by atoms with Crippen molar-refractivity contribution < 1.29 is 14.3 Å². The van der Waals surface area contributed by atoms with E-state index in [0.29, 0.717) is 24.6 Å². The molecule has 0 bridgehead atoms. The second-order valence-electron chi connectivity index (χ2n) is 5.80. The molecule has 2 aliphatic heterocycles. The molecule has 2 heterocycles. The molecule has 2 N–H and O–H groups in total. The van der Waals surface area contributed by atoms with Gasteiger partial charge in [0.05, 0.1) is 0 Å². The first kappa shape index (κ1) is 14.8. The van der Waals surface area contributed by atoms with Crippen LogP contribution >= 0.6 is 0 Å². The topological polar surface area (TPSA) is 70.7 Å². The molecule has 22 heavy (non-hydrogen) atoms. The van der Waals surface area contributed by atoms with Crippen LogP contribution in [0.4, 0.5) is 5.69 Å². The first-order valence-electron chi connectivity index (χ1n) is 7.71. The maximum absolute atomic E-state index is 11.7. The lowest BCUT2D eigenvalue weighted by atomic mass is 10.1. The van der Waals surface area contributed by atoms with E-state index >= 15 is 0 Å². The highest BCUT2D eigenvalue weighted by Crippen LogP contribution is 2.23. The van der Waals surface area contributed by atoms with Crippen LogP contribution < -0.4 is 20.3 Å². The van der Waals surface area contributed by atoms with E-state index in [-0.39, 0.29) is 11.8 Å². The van der Waals surface area contributed by atoms with Crippen LogP contribution in [0, 0.1) is 0 Å². The summed E-state index contributed by atoms with van der Waals surface area (Å²) in [5.74, 6) is 0.0741. The molecule has 1 aromatic rings. The van der Waals surface area contributed by atoms with Gasteiger partial charge in [0.25, 0.3) is 5.91 Å². The number of carbonyl (C=O) groups excluding carboxylic acids is 2. The Kier molecular flexibility index (Phi) is 4.29. The minimum absolute atomic E-state index is 0.229. The van der Waals surface area contributed by atoms with Crippen molar-refractivity contribution in [1.29, 1.82) is 0 Å². The molecular weight excluding hydrogens is 282 g/mol. The Bertz CT molecular complexity index is 558. The summed E-state index contributed by atoms with van der Waals surface area (Å²) in [5.41, 5.74) is 1.16. The smallest absolute Gasteiger partial charge is 0.267 e. The Morgan fingerprint density at radius 2 is 2.00 bits per heavy atom. The highest BCUT2D eigenvalue weighted by Gasteiger charge is 2.28. The molecule has 2 fully saturated rings. The lowest BCUT2D eigenvalue weighted by Crippen LogP contribution is -2.49. The summed E-state index contributed by atoms with van der Waals surface area (Å²) in [5, 5.41) is 5.67. The molecule has 2 aliphatic rings. The van der Waals surface area contributed by atoms with Gasteiger partial charge in [-0.3, -0.25) is 14.9 Å². The molecule has 1 aromatic carbocycles. The number of piperidine rings is 1. The van der Waals surface area contributed by atoms with Gasteiger partial charge in [-0.25, -0.2) is 0 Å². The summed E-state index contributed by atoms with van der Waals surface area (Å²) >= 11 is 0. The average molecular weight is 303 g/mol. The predicted molar refractivity (Wildman–Crippen MR) is 82.9 cm³/mol. The fourth-order valence-electron chi connectivity index (χ4n) is 2.89. The van der Waals surface area contributed by atoms with E-state index in [1.807, 2.05) is 24.3 Å². The SMILES string of the molecule is C[C@@H]1CNCCN1c1ccc(OC2CCC(=O)NC2=O)cc1. The van der Waals surface area contributed by atoms with Crippen LogP contribution in [0.15, 0.2) is 24.3 Å². The summed E-state index contributed by atoms with van der Waals surface area (Å²) in [6.07, 6.45) is 0.176. The zero-order valence-electron chi connectivity index (χ0n) is 12.7. The number of nitrogens with zero attached hydrogens (tertiary/aromatic N) is 1. The van der Waals surface area contributed by atoms with Crippen molar-refractivity contribution in [3.05, 3.63) is 24.3 Å². The Hall–Kier alpha value is -2.08. The normalized spacial score (nSPS) is 25.8. The van der Waals surface area contributed by atoms with E-state index in [2.05, 4.69) is 22.5 Å². The summed E-state index contributed by atoms with van der Waals surface area (Å²) in [7, 11) is 0. The molecule has 0 aliphatic carbocycles. The molecule has 0 radical (unpaired) electrons. The molecule has 1 unspecified atom stereocenters. The maximum atomic E-state index is 11.7. The molecule has 3 rings (SSSR count). The van der Waals surface area contributed by atoms with Crippen molar-refractivity contribution in [2.24, 2.45) is 0 Å². The fourth-order valence-corrected chi connectivity index (χ4v) is 2.89. The quantitative estimate of drug-likeness (QED) is 0.803. The first-order valence-corrected chi connectivity index (χ1v) is 7.71. The van der Waals surface area contributed by atoms with Crippen LogP contribution in [0.1, 0.15) is 19.8 Å². The molecule has 6 nitrogen and oxygen atoms in total. The van der Waals surface area contributed by atoms with Crippen molar-refractivity contribution in [1.82, 2.24) is 10.6 Å². The molecule has 2 atom stereocenters. The van der Waals surface area contributed by atoms with Gasteiger partial charge in [-0.1, -0.05) is 0 Å². The summed E-state index contributed by atoms with van der Waals surface area (Å²) in [6, 6.07) is 8.25. The summed E-state index contributed by atoms with van der Waals surface area (Å²) < 4.78 is 5.69. The van der Waals surface area contributed by atoms with Crippen molar-refractivity contribution in [3.8, 4) is 5.75 Å². The number of ether oxygens (including phenoxy) is 1. The van der Waals surface area contributed by atoms with Gasteiger partial charge in [-0.2, -0.15) is 0 Å². The van der Waals surface area contributed by atoms with Gasteiger partial charge in [0.15, 0.2) is 6.10 Å². The largest absolute Gasteiger partial charge is 0.481 e. The number of imide groups is 1. The van der Waals surface area contributed by atoms with Crippen LogP contribution in [-0.4, -0.2) is 43.6 Å². The van der Waals surface area contributed by atoms with Crippen LogP contribution in [0.2, 0.25) is 0 Å². The fraction of sp³-hybridized carbons (Fsp3) is 0.500. The van der Waals surface area contributed by atoms with E-state index in [9.17, 15) is 9.59 Å². The third kappa shape index (κ3) is 3.22. The third-order valence-corrected chi connectivity index (χ3v) is 4.14. The number of hydrogen-bond acceptors (Lipinski definition) is 5. The number of amides is 2. The van der Waals surface area contributed by atoms with Crippen molar-refractivity contribution >= 4 is 17.5 Å². The zero-order valence-corrected chi connectivity index (χ0v) is 12.7. The number of hydrogen-bond donors (Lipinski definition) is 2. The molecule has 0 saturated carbocycles. The zero-order chi connectivity index (χ0) is 15.5. The standard InChI is InChI=1S/C16H21N3O3/c1-11-10-17-8-9-19(11)12-2-4-13(5-3-12)22-14-6-7-15(20)18-16(14)21/h2-5,11,14,17H,6-10H2,1H3,(H,18,20,21)/t11-,14?/m1/s1. The van der Waals surface area contributed by atoms with Crippen molar-refractivity contribution in [2.45, 2.75) is 31.9 Å². The van der Waals surface area contributed by atoms with Gasteiger partial charge in [0.1, 0.15) is 5.75 Å². The summed E-state index contributed by atoms with van der Waals surface area (Å²) in [4.78, 5) is 25.2. The van der Waals surface area contributed by atoms with Gasteiger partial charge in [0, 0.05) is 44.2 Å². The van der Waals surface area contributed by atoms with Crippen LogP contribution in [-0.2, 0) is 9.59 Å². The number of carbonyl (C=O) groups is 2. The predicted octanol–water partition coefficient (Wildman–Crippen LogP) is 0.669. The van der Waals surface area contributed by atoms with Crippen LogP contribution in [0.5, 0.6) is 5.75 Å². The molecule has 0 aromatic heterocycles. The number of rotatable bonds is 3. The van der Waals surface area contributed by atoms with Crippen molar-refractivity contribution in [2.75, 3.05) is 24.5 Å². The van der Waals surface area contributed by atoms with Gasteiger partial charge < -0.3 is 15.0 Å². The number of nitrogens with one attached hydrogen (secondary N) is 2. The Morgan fingerprint density at radius 3 is 2.68 bits per heavy atom. The highest BCUT2D eigenvalue weighted by atomic mass is 16.5. The monoisotopic (exact) mass is 303 g/mol. The Morgan fingerprint density at radius 1 is 1.23 bits per heavy atom. The molecule has 2 amide bonds. The number of benzene rings is 1. The second kappa shape index (κ2) is 6.36. The van der Waals surface area contributed by atoms with Crippen LogP contribution in [0.25, 0.3) is 0 Å². The molecule has 2 saturated heterocycles. The van der Waals surface area contributed by atoms with Crippen LogP contribution in [0.3, 0.4) is 0 Å². The lowest BCUT2D eigenvalue weighted by Gasteiger charge is -2.36.